The van der Waals surface area contributed by atoms with Gasteiger partial charge in [-0.05, 0) is 48.4 Å². The van der Waals surface area contributed by atoms with Gasteiger partial charge in [0.1, 0.15) is 5.75 Å². The number of carbonyl (C=O) groups excluding carboxylic acids is 2. The first kappa shape index (κ1) is 20.1. The molecular formula is C24H23N3O5. The molecule has 2 aliphatic heterocycles. The first-order valence-electron chi connectivity index (χ1n) is 10.6. The van der Waals surface area contributed by atoms with E-state index in [0.29, 0.717) is 26.2 Å². The maximum Gasteiger partial charge on any atom is 0.335 e. The lowest BCUT2D eigenvalue weighted by molar-refractivity contribution is -0.132. The van der Waals surface area contributed by atoms with E-state index >= 15 is 0 Å². The van der Waals surface area contributed by atoms with Crippen LogP contribution < -0.4 is 4.74 Å². The zero-order valence-electron chi connectivity index (χ0n) is 17.9. The van der Waals surface area contributed by atoms with E-state index in [9.17, 15) is 19.5 Å². The number of carboxylic acid groups (broad SMARTS) is 1. The summed E-state index contributed by atoms with van der Waals surface area (Å²) in [6.07, 6.45) is 0. The molecule has 0 aliphatic carbocycles. The van der Waals surface area contributed by atoms with Crippen molar-refractivity contribution in [3.8, 4) is 5.75 Å². The third kappa shape index (κ3) is 3.02. The zero-order valence-corrected chi connectivity index (χ0v) is 17.9. The van der Waals surface area contributed by atoms with Crippen molar-refractivity contribution in [3.63, 3.8) is 0 Å². The van der Waals surface area contributed by atoms with Crippen LogP contribution in [0.5, 0.6) is 5.75 Å². The predicted octanol–water partition coefficient (Wildman–Crippen LogP) is 3.28. The summed E-state index contributed by atoms with van der Waals surface area (Å²) < 4.78 is 7.84. The fourth-order valence-corrected chi connectivity index (χ4v) is 4.79. The Morgan fingerprint density at radius 1 is 1.16 bits per heavy atom. The lowest BCUT2D eigenvalue weighted by atomic mass is 9.89. The van der Waals surface area contributed by atoms with Crippen LogP contribution in [0.3, 0.4) is 0 Å². The van der Waals surface area contributed by atoms with Crippen LogP contribution in [0.15, 0.2) is 42.5 Å². The second kappa shape index (κ2) is 7.40. The van der Waals surface area contributed by atoms with Crippen LogP contribution in [0.1, 0.15) is 40.0 Å². The van der Waals surface area contributed by atoms with Gasteiger partial charge in [0.2, 0.25) is 5.91 Å². The van der Waals surface area contributed by atoms with Crippen LogP contribution in [0.2, 0.25) is 0 Å². The summed E-state index contributed by atoms with van der Waals surface area (Å²) in [7, 11) is 1.53. The molecule has 3 amide bonds. The summed E-state index contributed by atoms with van der Waals surface area (Å²) in [4.78, 5) is 39.7. The van der Waals surface area contributed by atoms with Crippen molar-refractivity contribution in [3.05, 3.63) is 64.8 Å². The number of amides is 3. The van der Waals surface area contributed by atoms with E-state index in [1.807, 2.05) is 25.1 Å². The molecule has 0 radical (unpaired) electrons. The monoisotopic (exact) mass is 433 g/mol. The van der Waals surface area contributed by atoms with E-state index in [4.69, 9.17) is 4.74 Å². The normalized spacial score (nSPS) is 17.6. The number of nitrogens with zero attached hydrogens (tertiary/aromatic N) is 3. The molecule has 164 valence electrons. The highest BCUT2D eigenvalue weighted by molar-refractivity contribution is 6.04. The summed E-state index contributed by atoms with van der Waals surface area (Å²) in [6, 6.07) is 12.4. The minimum absolute atomic E-state index is 0.195. The number of aromatic carboxylic acids is 1. The molecule has 3 heterocycles. The van der Waals surface area contributed by atoms with Gasteiger partial charge in [-0.2, -0.15) is 0 Å². The minimum atomic E-state index is -0.967. The highest BCUT2D eigenvalue weighted by Crippen LogP contribution is 2.41. The van der Waals surface area contributed by atoms with Crippen molar-refractivity contribution in [2.45, 2.75) is 25.9 Å². The highest BCUT2D eigenvalue weighted by atomic mass is 16.5. The minimum Gasteiger partial charge on any atom is -0.494 e. The number of urea groups is 1. The number of fused-ring (bicyclic) bond motifs is 6. The average Bonchev–Trinajstić information content (AvgIpc) is 3.09. The molecule has 2 aliphatic rings. The fraction of sp³-hybridized carbons (Fsp3) is 0.292. The summed E-state index contributed by atoms with van der Waals surface area (Å²) in [5.74, 6) is -0.846. The quantitative estimate of drug-likeness (QED) is 0.667. The van der Waals surface area contributed by atoms with Crippen molar-refractivity contribution in [2.75, 3.05) is 20.2 Å². The maximum atomic E-state index is 13.0. The molecule has 5 rings (SSSR count). The number of carbonyl (C=O) groups is 3. The van der Waals surface area contributed by atoms with Gasteiger partial charge in [-0.3, -0.25) is 9.69 Å². The molecule has 2 bridgehead atoms. The van der Waals surface area contributed by atoms with Gasteiger partial charge in [0.15, 0.2) is 0 Å². The third-order valence-corrected chi connectivity index (χ3v) is 6.32. The van der Waals surface area contributed by atoms with Crippen LogP contribution in [-0.4, -0.2) is 57.6 Å². The second-order valence-electron chi connectivity index (χ2n) is 8.17. The number of likely N-dealkylation sites (N-methyl/N-ethyl adjacent to an activating group) is 1. The van der Waals surface area contributed by atoms with Gasteiger partial charge in [-0.1, -0.05) is 12.1 Å². The SMILES string of the molecule is CCOc1ccc2c(c1)c1c(n2Cc2ccc(C(=O)O)cc2)CN2CC1C(=O)N(C)C2=O. The Balaban J connectivity index is 1.67. The van der Waals surface area contributed by atoms with Gasteiger partial charge in [0.25, 0.3) is 0 Å². The van der Waals surface area contributed by atoms with E-state index in [1.165, 1.54) is 11.9 Å². The van der Waals surface area contributed by atoms with Crippen molar-refractivity contribution >= 4 is 28.8 Å². The lowest BCUT2D eigenvalue weighted by Crippen LogP contribution is -2.56. The number of hydrogen-bond acceptors (Lipinski definition) is 4. The van der Waals surface area contributed by atoms with Crippen LogP contribution in [0, 0.1) is 0 Å². The Bertz CT molecular complexity index is 1260. The first-order valence-corrected chi connectivity index (χ1v) is 10.6. The number of aromatic nitrogens is 1. The first-order chi connectivity index (χ1) is 15.4. The van der Waals surface area contributed by atoms with Gasteiger partial charge in [0, 0.05) is 36.7 Å². The Morgan fingerprint density at radius 2 is 1.91 bits per heavy atom. The molecule has 0 spiro atoms. The molecule has 3 aromatic rings. The molecule has 2 aromatic carbocycles. The van der Waals surface area contributed by atoms with E-state index < -0.39 is 11.9 Å². The van der Waals surface area contributed by atoms with Gasteiger partial charge in [-0.15, -0.1) is 0 Å². The number of rotatable bonds is 5. The predicted molar refractivity (Wildman–Crippen MR) is 117 cm³/mol. The smallest absolute Gasteiger partial charge is 0.335 e. The van der Waals surface area contributed by atoms with Crippen molar-refractivity contribution in [1.29, 1.82) is 0 Å². The molecule has 1 aromatic heterocycles. The van der Waals surface area contributed by atoms with E-state index in [0.717, 1.165) is 33.5 Å². The fourth-order valence-electron chi connectivity index (χ4n) is 4.79. The van der Waals surface area contributed by atoms with Crippen molar-refractivity contribution in [1.82, 2.24) is 14.4 Å². The van der Waals surface area contributed by atoms with Crippen molar-refractivity contribution in [2.24, 2.45) is 0 Å². The zero-order chi connectivity index (χ0) is 22.6. The molecule has 8 heteroatoms. The number of carboxylic acids is 1. The molecule has 0 saturated carbocycles. The largest absolute Gasteiger partial charge is 0.494 e. The van der Waals surface area contributed by atoms with Crippen molar-refractivity contribution < 1.29 is 24.2 Å². The Labute approximate surface area is 184 Å². The number of hydrogen-bond donors (Lipinski definition) is 1. The van der Waals surface area contributed by atoms with E-state index in [2.05, 4.69) is 4.57 Å². The number of ether oxygens (including phenoxy) is 1. The van der Waals surface area contributed by atoms with Gasteiger partial charge < -0.3 is 19.3 Å². The average molecular weight is 433 g/mol. The molecular weight excluding hydrogens is 410 g/mol. The molecule has 1 atom stereocenters. The van der Waals surface area contributed by atoms with Gasteiger partial charge in [-0.25, -0.2) is 9.59 Å². The molecule has 1 saturated heterocycles. The number of benzene rings is 2. The highest BCUT2D eigenvalue weighted by Gasteiger charge is 2.44. The third-order valence-electron chi connectivity index (χ3n) is 6.32. The summed E-state index contributed by atoms with van der Waals surface area (Å²) in [5, 5.41) is 10.1. The summed E-state index contributed by atoms with van der Waals surface area (Å²) in [5.41, 5.74) is 4.00. The second-order valence-corrected chi connectivity index (χ2v) is 8.17. The maximum absolute atomic E-state index is 13.0. The molecule has 32 heavy (non-hydrogen) atoms. The Kier molecular flexibility index (Phi) is 4.65. The Morgan fingerprint density at radius 3 is 2.59 bits per heavy atom. The topological polar surface area (TPSA) is 92.1 Å². The molecule has 1 fully saturated rings. The van der Waals surface area contributed by atoms with Crippen LogP contribution in [0.25, 0.3) is 10.9 Å². The molecule has 8 nitrogen and oxygen atoms in total. The molecule has 1 unspecified atom stereocenters. The van der Waals surface area contributed by atoms with Crippen LogP contribution in [0.4, 0.5) is 4.79 Å². The van der Waals surface area contributed by atoms with E-state index in [-0.39, 0.29) is 17.5 Å². The van der Waals surface area contributed by atoms with Crippen LogP contribution >= 0.6 is 0 Å². The summed E-state index contributed by atoms with van der Waals surface area (Å²) in [6.45, 7) is 3.75. The van der Waals surface area contributed by atoms with Gasteiger partial charge >= 0.3 is 12.0 Å². The van der Waals surface area contributed by atoms with E-state index in [1.54, 1.807) is 29.2 Å². The standard InChI is InChI=1S/C24H23N3O5/c1-3-32-16-8-9-19-17(10-16)21-18-12-26(24(31)25(2)22(18)28)13-20(21)27(19)11-14-4-6-15(7-5-14)23(29)30/h4-10,18H,3,11-13H2,1-2H3,(H,29,30). The molecule has 1 N–H and O–H groups in total. The summed E-state index contributed by atoms with van der Waals surface area (Å²) >= 11 is 0. The lowest BCUT2D eigenvalue weighted by Gasteiger charge is -2.41. The number of imide groups is 1. The Hall–Kier alpha value is -3.81. The van der Waals surface area contributed by atoms with Gasteiger partial charge in [0.05, 0.1) is 24.6 Å². The van der Waals surface area contributed by atoms with Crippen LogP contribution in [-0.2, 0) is 17.9 Å².